The van der Waals surface area contributed by atoms with E-state index in [2.05, 4.69) is 26.8 Å². The number of anilines is 1. The molecule has 1 aromatic rings. The van der Waals surface area contributed by atoms with E-state index in [1.54, 1.807) is 6.07 Å². The number of aromatic nitrogens is 2. The summed E-state index contributed by atoms with van der Waals surface area (Å²) in [6.45, 7) is 3.21. The van der Waals surface area contributed by atoms with Crippen molar-refractivity contribution in [2.45, 2.75) is 38.6 Å². The maximum atomic E-state index is 11.3. The molecule has 5 heteroatoms. The Hall–Kier alpha value is -1.65. The van der Waals surface area contributed by atoms with E-state index in [0.717, 1.165) is 18.8 Å². The fourth-order valence-electron chi connectivity index (χ4n) is 2.42. The van der Waals surface area contributed by atoms with E-state index >= 15 is 0 Å². The molecule has 18 heavy (non-hydrogen) atoms. The lowest BCUT2D eigenvalue weighted by atomic mass is 10.0. The third-order valence-electron chi connectivity index (χ3n) is 3.44. The Balaban J connectivity index is 2.15. The highest BCUT2D eigenvalue weighted by molar-refractivity contribution is 5.86. The van der Waals surface area contributed by atoms with E-state index in [9.17, 15) is 4.79 Å². The standard InChI is InChI=1S/C13H19N3O2/c1-3-10-6-4-5-9-16(10)12-8-7-11(14-15-12)13(17)18-2/h7-8,10H,3-6,9H2,1-2H3/t10-/m1/s1. The van der Waals surface area contributed by atoms with E-state index in [4.69, 9.17) is 0 Å². The average Bonchev–Trinajstić information content (AvgIpc) is 2.46. The highest BCUT2D eigenvalue weighted by Crippen LogP contribution is 2.24. The van der Waals surface area contributed by atoms with Crippen molar-refractivity contribution < 1.29 is 9.53 Å². The van der Waals surface area contributed by atoms with Crippen LogP contribution < -0.4 is 4.90 Å². The third kappa shape index (κ3) is 2.60. The van der Waals surface area contributed by atoms with Crippen molar-refractivity contribution in [3.05, 3.63) is 17.8 Å². The molecule has 0 unspecified atom stereocenters. The summed E-state index contributed by atoms with van der Waals surface area (Å²) in [4.78, 5) is 13.6. The summed E-state index contributed by atoms with van der Waals surface area (Å²) >= 11 is 0. The Morgan fingerprint density at radius 2 is 2.28 bits per heavy atom. The summed E-state index contributed by atoms with van der Waals surface area (Å²) in [5, 5.41) is 8.07. The van der Waals surface area contributed by atoms with Crippen molar-refractivity contribution in [2.75, 3.05) is 18.6 Å². The lowest BCUT2D eigenvalue weighted by molar-refractivity contribution is 0.0592. The number of piperidine rings is 1. The summed E-state index contributed by atoms with van der Waals surface area (Å²) in [7, 11) is 1.34. The second-order valence-corrected chi connectivity index (χ2v) is 4.52. The smallest absolute Gasteiger partial charge is 0.358 e. The minimum absolute atomic E-state index is 0.256. The third-order valence-corrected chi connectivity index (χ3v) is 3.44. The zero-order valence-electron chi connectivity index (χ0n) is 10.9. The molecular weight excluding hydrogens is 230 g/mol. The molecule has 0 N–H and O–H groups in total. The Labute approximate surface area is 107 Å². The van der Waals surface area contributed by atoms with Crippen LogP contribution in [0.2, 0.25) is 0 Å². The van der Waals surface area contributed by atoms with Crippen LogP contribution >= 0.6 is 0 Å². The van der Waals surface area contributed by atoms with Crippen LogP contribution in [0.15, 0.2) is 12.1 Å². The van der Waals surface area contributed by atoms with Crippen LogP contribution in [0, 0.1) is 0 Å². The van der Waals surface area contributed by atoms with Crippen LogP contribution in [-0.4, -0.2) is 35.9 Å². The maximum Gasteiger partial charge on any atom is 0.358 e. The monoisotopic (exact) mass is 249 g/mol. The second kappa shape index (κ2) is 5.80. The van der Waals surface area contributed by atoms with Crippen LogP contribution in [0.1, 0.15) is 43.1 Å². The van der Waals surface area contributed by atoms with Gasteiger partial charge in [-0.05, 0) is 37.8 Å². The van der Waals surface area contributed by atoms with Gasteiger partial charge in [-0.25, -0.2) is 4.79 Å². The van der Waals surface area contributed by atoms with Crippen LogP contribution in [0.3, 0.4) is 0 Å². The molecule has 1 fully saturated rings. The number of carbonyl (C=O) groups is 1. The van der Waals surface area contributed by atoms with Crippen molar-refractivity contribution in [1.29, 1.82) is 0 Å². The minimum Gasteiger partial charge on any atom is -0.464 e. The van der Waals surface area contributed by atoms with Gasteiger partial charge in [0.05, 0.1) is 7.11 Å². The molecule has 0 aromatic carbocycles. The van der Waals surface area contributed by atoms with Gasteiger partial charge in [-0.2, -0.15) is 0 Å². The summed E-state index contributed by atoms with van der Waals surface area (Å²) in [6, 6.07) is 4.07. The molecule has 0 saturated carbocycles. The van der Waals surface area contributed by atoms with Gasteiger partial charge in [-0.1, -0.05) is 6.92 Å². The van der Waals surface area contributed by atoms with Gasteiger partial charge in [-0.3, -0.25) is 0 Å². The Bertz CT molecular complexity index is 405. The second-order valence-electron chi connectivity index (χ2n) is 4.52. The summed E-state index contributed by atoms with van der Waals surface area (Å²) in [5.74, 6) is 0.411. The maximum absolute atomic E-state index is 11.3. The van der Waals surface area contributed by atoms with Gasteiger partial charge in [0.15, 0.2) is 11.5 Å². The fourth-order valence-corrected chi connectivity index (χ4v) is 2.42. The van der Waals surface area contributed by atoms with Crippen molar-refractivity contribution >= 4 is 11.8 Å². The van der Waals surface area contributed by atoms with E-state index in [-0.39, 0.29) is 5.69 Å². The number of ether oxygens (including phenoxy) is 1. The van der Waals surface area contributed by atoms with Gasteiger partial charge in [0, 0.05) is 12.6 Å². The molecule has 1 aliphatic heterocycles. The first kappa shape index (κ1) is 12.8. The largest absolute Gasteiger partial charge is 0.464 e. The molecule has 0 aliphatic carbocycles. The van der Waals surface area contributed by atoms with Crippen molar-refractivity contribution in [3.8, 4) is 0 Å². The van der Waals surface area contributed by atoms with Crippen molar-refractivity contribution in [1.82, 2.24) is 10.2 Å². The number of hydrogen-bond donors (Lipinski definition) is 0. The zero-order valence-corrected chi connectivity index (χ0v) is 10.9. The quantitative estimate of drug-likeness (QED) is 0.767. The van der Waals surface area contributed by atoms with Crippen LogP contribution in [-0.2, 0) is 4.74 Å². The van der Waals surface area contributed by atoms with Crippen molar-refractivity contribution in [2.24, 2.45) is 0 Å². The molecule has 98 valence electrons. The SMILES string of the molecule is CC[C@@H]1CCCCN1c1ccc(C(=O)OC)nn1. The van der Waals surface area contributed by atoms with Gasteiger partial charge < -0.3 is 9.64 Å². The lowest BCUT2D eigenvalue weighted by Crippen LogP contribution is -2.39. The summed E-state index contributed by atoms with van der Waals surface area (Å²) in [6.07, 6.45) is 4.79. The molecular formula is C13H19N3O2. The number of rotatable bonds is 3. The normalized spacial score (nSPS) is 19.7. The van der Waals surface area contributed by atoms with E-state index in [1.807, 2.05) is 6.07 Å². The molecule has 0 spiro atoms. The number of carbonyl (C=O) groups excluding carboxylic acids is 1. The molecule has 5 nitrogen and oxygen atoms in total. The minimum atomic E-state index is -0.445. The first-order valence-electron chi connectivity index (χ1n) is 6.45. The van der Waals surface area contributed by atoms with E-state index < -0.39 is 5.97 Å². The van der Waals surface area contributed by atoms with Gasteiger partial charge in [-0.15, -0.1) is 10.2 Å². The lowest BCUT2D eigenvalue weighted by Gasteiger charge is -2.35. The molecule has 1 aliphatic rings. The number of esters is 1. The summed E-state index contributed by atoms with van der Waals surface area (Å²) < 4.78 is 4.61. The highest BCUT2D eigenvalue weighted by Gasteiger charge is 2.22. The van der Waals surface area contributed by atoms with Crippen LogP contribution in [0.4, 0.5) is 5.82 Å². The zero-order chi connectivity index (χ0) is 13.0. The molecule has 2 rings (SSSR count). The van der Waals surface area contributed by atoms with Gasteiger partial charge in [0.2, 0.25) is 0 Å². The Morgan fingerprint density at radius 3 is 2.89 bits per heavy atom. The Morgan fingerprint density at radius 1 is 1.44 bits per heavy atom. The first-order valence-corrected chi connectivity index (χ1v) is 6.45. The topological polar surface area (TPSA) is 55.3 Å². The number of hydrogen-bond acceptors (Lipinski definition) is 5. The van der Waals surface area contributed by atoms with Gasteiger partial charge in [0.1, 0.15) is 0 Å². The highest BCUT2D eigenvalue weighted by atomic mass is 16.5. The molecule has 1 saturated heterocycles. The fraction of sp³-hybridized carbons (Fsp3) is 0.615. The number of nitrogens with zero attached hydrogens (tertiary/aromatic N) is 3. The molecule has 1 atom stereocenters. The molecule has 0 bridgehead atoms. The molecule has 2 heterocycles. The van der Waals surface area contributed by atoms with Gasteiger partial charge in [0.25, 0.3) is 0 Å². The predicted molar refractivity (Wildman–Crippen MR) is 68.6 cm³/mol. The number of methoxy groups -OCH3 is 1. The average molecular weight is 249 g/mol. The van der Waals surface area contributed by atoms with Crippen molar-refractivity contribution in [3.63, 3.8) is 0 Å². The molecule has 0 amide bonds. The Kier molecular flexibility index (Phi) is 4.12. The first-order chi connectivity index (χ1) is 8.76. The molecule has 1 aromatic heterocycles. The summed E-state index contributed by atoms with van der Waals surface area (Å²) in [5.41, 5.74) is 0.256. The van der Waals surface area contributed by atoms with Crippen LogP contribution in [0.5, 0.6) is 0 Å². The van der Waals surface area contributed by atoms with E-state index in [0.29, 0.717) is 6.04 Å². The van der Waals surface area contributed by atoms with Crippen LogP contribution in [0.25, 0.3) is 0 Å². The van der Waals surface area contributed by atoms with E-state index in [1.165, 1.54) is 26.4 Å². The predicted octanol–water partition coefficient (Wildman–Crippen LogP) is 2.03. The molecule has 0 radical (unpaired) electrons. The van der Waals surface area contributed by atoms with Gasteiger partial charge >= 0.3 is 5.97 Å².